The SMILES string of the molecule is C=COC(=O)C(=C)O.O=S(=O)(O)O. The Labute approximate surface area is 74.5 Å². The summed E-state index contributed by atoms with van der Waals surface area (Å²) < 4.78 is 35.7. The molecule has 0 spiro atoms. The fraction of sp³-hybridized carbons (Fsp3) is 0. The summed E-state index contributed by atoms with van der Waals surface area (Å²) in [5, 5.41) is 8.24. The van der Waals surface area contributed by atoms with E-state index >= 15 is 0 Å². The first kappa shape index (κ1) is 14.2. The minimum atomic E-state index is -4.67. The molecule has 0 aliphatic heterocycles. The Morgan fingerprint density at radius 3 is 1.77 bits per heavy atom. The molecule has 0 rings (SSSR count). The molecule has 0 atom stereocenters. The van der Waals surface area contributed by atoms with Crippen molar-refractivity contribution in [2.24, 2.45) is 0 Å². The van der Waals surface area contributed by atoms with Gasteiger partial charge in [-0.2, -0.15) is 8.42 Å². The van der Waals surface area contributed by atoms with Gasteiger partial charge in [0.25, 0.3) is 0 Å². The van der Waals surface area contributed by atoms with Crippen molar-refractivity contribution in [2.45, 2.75) is 0 Å². The van der Waals surface area contributed by atoms with Crippen molar-refractivity contribution in [1.82, 2.24) is 0 Å². The Kier molecular flexibility index (Phi) is 6.72. The van der Waals surface area contributed by atoms with Gasteiger partial charge in [-0.25, -0.2) is 4.79 Å². The molecule has 0 aromatic heterocycles. The second-order valence-corrected chi connectivity index (χ2v) is 2.36. The molecule has 0 unspecified atom stereocenters. The first-order valence-corrected chi connectivity index (χ1v) is 3.97. The summed E-state index contributed by atoms with van der Waals surface area (Å²) in [6.07, 6.45) is 0.920. The molecule has 0 saturated carbocycles. The van der Waals surface area contributed by atoms with Crippen LogP contribution in [0.25, 0.3) is 0 Å². The minimum absolute atomic E-state index is 0.620. The maximum absolute atomic E-state index is 10.1. The molecule has 76 valence electrons. The molecule has 3 N–H and O–H groups in total. The van der Waals surface area contributed by atoms with Gasteiger partial charge in [0.2, 0.25) is 0 Å². The lowest BCUT2D eigenvalue weighted by Gasteiger charge is -1.91. The highest BCUT2D eigenvalue weighted by atomic mass is 32.3. The molecule has 8 heteroatoms. The summed E-state index contributed by atoms with van der Waals surface area (Å²) in [6.45, 7) is 5.99. The van der Waals surface area contributed by atoms with Gasteiger partial charge in [-0.05, 0) is 6.58 Å². The molecular weight excluding hydrogens is 204 g/mol. The van der Waals surface area contributed by atoms with Gasteiger partial charge in [0.05, 0.1) is 6.26 Å². The normalized spacial score (nSPS) is 9.08. The molecule has 0 aliphatic rings. The molecule has 7 nitrogen and oxygen atoms in total. The van der Waals surface area contributed by atoms with E-state index in [0.29, 0.717) is 0 Å². The fourth-order valence-electron chi connectivity index (χ4n) is 0.144. The summed E-state index contributed by atoms with van der Waals surface area (Å²) in [4.78, 5) is 10.1. The van der Waals surface area contributed by atoms with Crippen molar-refractivity contribution >= 4 is 16.4 Å². The van der Waals surface area contributed by atoms with Crippen LogP contribution in [0.2, 0.25) is 0 Å². The Bertz CT molecular complexity index is 280. The molecule has 0 aliphatic carbocycles. The number of esters is 1. The van der Waals surface area contributed by atoms with E-state index in [9.17, 15) is 4.79 Å². The van der Waals surface area contributed by atoms with E-state index in [2.05, 4.69) is 17.9 Å². The molecule has 0 bridgehead atoms. The van der Waals surface area contributed by atoms with Crippen molar-refractivity contribution in [3.8, 4) is 0 Å². The standard InChI is InChI=1S/C5H6O3.H2O4S/c1-3-8-5(7)4(2)6;1-5(2,3)4/h3,6H,1-2H2;(H2,1,2,3,4). The van der Waals surface area contributed by atoms with Gasteiger partial charge in [-0.15, -0.1) is 0 Å². The van der Waals surface area contributed by atoms with Crippen molar-refractivity contribution in [2.75, 3.05) is 0 Å². The van der Waals surface area contributed by atoms with Crippen molar-refractivity contribution in [1.29, 1.82) is 0 Å². The molecule has 0 aromatic rings. The van der Waals surface area contributed by atoms with Crippen LogP contribution in [-0.4, -0.2) is 28.6 Å². The number of aliphatic hydroxyl groups is 1. The predicted octanol–water partition coefficient (Wildman–Crippen LogP) is 0.0920. The number of ether oxygens (including phenoxy) is 1. The van der Waals surface area contributed by atoms with Gasteiger partial charge in [-0.1, -0.05) is 6.58 Å². The maximum Gasteiger partial charge on any atom is 0.394 e. The van der Waals surface area contributed by atoms with Gasteiger partial charge < -0.3 is 9.84 Å². The van der Waals surface area contributed by atoms with E-state index in [4.69, 9.17) is 22.6 Å². The van der Waals surface area contributed by atoms with Gasteiger partial charge in [0.15, 0.2) is 5.76 Å². The number of hydrogen-bond acceptors (Lipinski definition) is 5. The first-order valence-electron chi connectivity index (χ1n) is 2.58. The Hall–Kier alpha value is -1.38. The molecule has 0 radical (unpaired) electrons. The number of rotatable bonds is 2. The maximum atomic E-state index is 10.1. The highest BCUT2D eigenvalue weighted by Gasteiger charge is 2.01. The lowest BCUT2D eigenvalue weighted by atomic mass is 10.6. The lowest BCUT2D eigenvalue weighted by Crippen LogP contribution is -2.00. The topological polar surface area (TPSA) is 121 Å². The van der Waals surface area contributed by atoms with E-state index < -0.39 is 22.1 Å². The van der Waals surface area contributed by atoms with Crippen LogP contribution in [0.5, 0.6) is 0 Å². The summed E-state index contributed by atoms with van der Waals surface area (Å²) in [6, 6.07) is 0. The van der Waals surface area contributed by atoms with Crippen LogP contribution < -0.4 is 0 Å². The smallest absolute Gasteiger partial charge is 0.394 e. The van der Waals surface area contributed by atoms with E-state index in [1.807, 2.05) is 0 Å². The quantitative estimate of drug-likeness (QED) is 0.256. The van der Waals surface area contributed by atoms with Crippen molar-refractivity contribution in [3.63, 3.8) is 0 Å². The third-order valence-electron chi connectivity index (χ3n) is 0.426. The highest BCUT2D eigenvalue weighted by molar-refractivity contribution is 7.79. The molecule has 13 heavy (non-hydrogen) atoms. The molecule has 0 heterocycles. The summed E-state index contributed by atoms with van der Waals surface area (Å²) in [5.74, 6) is -1.50. The number of aliphatic hydroxyl groups excluding tert-OH is 1. The summed E-state index contributed by atoms with van der Waals surface area (Å²) in [5.41, 5.74) is 0. The van der Waals surface area contributed by atoms with Crippen LogP contribution in [0.15, 0.2) is 25.2 Å². The fourth-order valence-corrected chi connectivity index (χ4v) is 0.144. The highest BCUT2D eigenvalue weighted by Crippen LogP contribution is 1.86. The number of carbonyl (C=O) groups is 1. The molecular formula is C5H8O7S. The summed E-state index contributed by atoms with van der Waals surface area (Å²) >= 11 is 0. The van der Waals surface area contributed by atoms with E-state index in [1.54, 1.807) is 0 Å². The molecule has 0 aromatic carbocycles. The monoisotopic (exact) mass is 212 g/mol. The van der Waals surface area contributed by atoms with Crippen LogP contribution >= 0.6 is 0 Å². The molecule has 0 amide bonds. The third kappa shape index (κ3) is 25.0. The van der Waals surface area contributed by atoms with Gasteiger partial charge in [-0.3, -0.25) is 9.11 Å². The van der Waals surface area contributed by atoms with Crippen LogP contribution in [0.4, 0.5) is 0 Å². The predicted molar refractivity (Wildman–Crippen MR) is 42.2 cm³/mol. The minimum Gasteiger partial charge on any atom is -0.502 e. The van der Waals surface area contributed by atoms with Crippen molar-refractivity contribution < 1.29 is 32.2 Å². The zero-order valence-electron chi connectivity index (χ0n) is 6.37. The van der Waals surface area contributed by atoms with Crippen LogP contribution in [-0.2, 0) is 19.9 Å². The molecule has 0 saturated heterocycles. The van der Waals surface area contributed by atoms with E-state index in [0.717, 1.165) is 6.26 Å². The summed E-state index contributed by atoms with van der Waals surface area (Å²) in [7, 11) is -4.67. The second kappa shape index (κ2) is 6.17. The van der Waals surface area contributed by atoms with Crippen molar-refractivity contribution in [3.05, 3.63) is 25.2 Å². The van der Waals surface area contributed by atoms with Gasteiger partial charge in [0, 0.05) is 0 Å². The number of carbonyl (C=O) groups excluding carboxylic acids is 1. The zero-order valence-corrected chi connectivity index (χ0v) is 7.19. The van der Waals surface area contributed by atoms with Crippen LogP contribution in [0.1, 0.15) is 0 Å². The van der Waals surface area contributed by atoms with Crippen LogP contribution in [0, 0.1) is 0 Å². The lowest BCUT2D eigenvalue weighted by molar-refractivity contribution is -0.136. The van der Waals surface area contributed by atoms with Gasteiger partial charge in [0.1, 0.15) is 0 Å². The van der Waals surface area contributed by atoms with E-state index in [-0.39, 0.29) is 0 Å². The average molecular weight is 212 g/mol. The number of hydrogen-bond donors (Lipinski definition) is 3. The average Bonchev–Trinajstić information content (AvgIpc) is 1.84. The van der Waals surface area contributed by atoms with E-state index in [1.165, 1.54) is 0 Å². The Balaban J connectivity index is 0. The van der Waals surface area contributed by atoms with Gasteiger partial charge >= 0.3 is 16.4 Å². The largest absolute Gasteiger partial charge is 0.502 e. The van der Waals surface area contributed by atoms with Crippen LogP contribution in [0.3, 0.4) is 0 Å². The Morgan fingerprint density at radius 1 is 1.38 bits per heavy atom. The Morgan fingerprint density at radius 2 is 1.69 bits per heavy atom. The zero-order chi connectivity index (χ0) is 11.1. The third-order valence-corrected chi connectivity index (χ3v) is 0.426. The first-order chi connectivity index (χ1) is 5.68. The second-order valence-electron chi connectivity index (χ2n) is 1.47. The molecule has 0 fully saturated rings.